The van der Waals surface area contributed by atoms with Crippen LogP contribution in [0.5, 0.6) is 0 Å². The van der Waals surface area contributed by atoms with Crippen molar-refractivity contribution in [1.29, 1.82) is 0 Å². The van der Waals surface area contributed by atoms with Crippen LogP contribution in [-0.2, 0) is 10.3 Å². The molecule has 1 rings (SSSR count). The lowest BCUT2D eigenvalue weighted by Crippen LogP contribution is -2.49. The summed E-state index contributed by atoms with van der Waals surface area (Å²) in [5.41, 5.74) is 0. The normalized spacial score (nSPS) is 26.9. The van der Waals surface area contributed by atoms with Gasteiger partial charge in [-0.25, -0.2) is 0 Å². The first kappa shape index (κ1) is 11.2. The second-order valence-corrected chi connectivity index (χ2v) is 4.82. The van der Waals surface area contributed by atoms with E-state index in [4.69, 9.17) is 0 Å². The number of rotatable bonds is 4. The van der Waals surface area contributed by atoms with Crippen molar-refractivity contribution in [2.75, 3.05) is 13.2 Å². The molecule has 0 spiro atoms. The molecular weight excluding hydrogens is 204 g/mol. The SMILES string of the molecule is C=CN1C=C[N+](CCC)(S(=O)(=O)[O-])C1. The van der Waals surface area contributed by atoms with Crippen LogP contribution in [0.15, 0.2) is 25.2 Å². The van der Waals surface area contributed by atoms with Crippen molar-refractivity contribution in [3.63, 3.8) is 0 Å². The molecule has 0 N–H and O–H groups in total. The molecule has 0 aromatic rings. The topological polar surface area (TPSA) is 60.4 Å². The van der Waals surface area contributed by atoms with Gasteiger partial charge in [-0.3, -0.25) is 0 Å². The summed E-state index contributed by atoms with van der Waals surface area (Å²) in [6.45, 7) is 5.79. The Hall–Kier alpha value is -0.850. The van der Waals surface area contributed by atoms with Crippen LogP contribution in [0.25, 0.3) is 0 Å². The monoisotopic (exact) mass is 218 g/mol. The summed E-state index contributed by atoms with van der Waals surface area (Å²) in [6.07, 6.45) is 5.11. The van der Waals surface area contributed by atoms with Crippen molar-refractivity contribution in [3.05, 3.63) is 25.2 Å². The molecule has 0 aromatic heterocycles. The van der Waals surface area contributed by atoms with E-state index in [1.807, 2.05) is 6.92 Å². The zero-order chi connectivity index (χ0) is 10.8. The average molecular weight is 218 g/mol. The maximum atomic E-state index is 11.1. The van der Waals surface area contributed by atoms with Gasteiger partial charge in [-0.05, 0) is 6.42 Å². The second-order valence-electron chi connectivity index (χ2n) is 3.24. The maximum absolute atomic E-state index is 11.1. The lowest BCUT2D eigenvalue weighted by molar-refractivity contribution is -0.758. The van der Waals surface area contributed by atoms with Gasteiger partial charge in [0.15, 0.2) is 6.67 Å². The zero-order valence-corrected chi connectivity index (χ0v) is 8.90. The summed E-state index contributed by atoms with van der Waals surface area (Å²) in [7, 11) is -4.36. The van der Waals surface area contributed by atoms with Crippen LogP contribution in [0.4, 0.5) is 0 Å². The van der Waals surface area contributed by atoms with Gasteiger partial charge in [0.2, 0.25) is 0 Å². The molecule has 6 heteroatoms. The average Bonchev–Trinajstić information content (AvgIpc) is 2.49. The van der Waals surface area contributed by atoms with Gasteiger partial charge in [-0.1, -0.05) is 13.5 Å². The molecule has 0 radical (unpaired) electrons. The third-order valence-electron chi connectivity index (χ3n) is 2.21. The molecule has 1 aliphatic rings. The molecule has 14 heavy (non-hydrogen) atoms. The number of quaternary nitrogens is 1. The van der Waals surface area contributed by atoms with E-state index in [1.165, 1.54) is 12.4 Å². The molecule has 0 aliphatic carbocycles. The van der Waals surface area contributed by atoms with Gasteiger partial charge >= 0.3 is 0 Å². The maximum Gasteiger partial charge on any atom is 0.260 e. The van der Waals surface area contributed by atoms with Crippen LogP contribution in [0.3, 0.4) is 0 Å². The van der Waals surface area contributed by atoms with Crippen LogP contribution in [-0.4, -0.2) is 35.0 Å². The quantitative estimate of drug-likeness (QED) is 0.511. The van der Waals surface area contributed by atoms with Gasteiger partial charge in [0.05, 0.1) is 12.7 Å². The molecule has 80 valence electrons. The van der Waals surface area contributed by atoms with E-state index < -0.39 is 14.2 Å². The first-order chi connectivity index (χ1) is 6.45. The highest BCUT2D eigenvalue weighted by Crippen LogP contribution is 2.23. The predicted molar refractivity (Wildman–Crippen MR) is 51.2 cm³/mol. The first-order valence-electron chi connectivity index (χ1n) is 4.35. The minimum atomic E-state index is -4.36. The predicted octanol–water partition coefficient (Wildman–Crippen LogP) is 0.561. The second kappa shape index (κ2) is 3.72. The molecule has 1 aliphatic heterocycles. The lowest BCUT2D eigenvalue weighted by Gasteiger charge is -2.32. The Balaban J connectivity index is 2.99. The van der Waals surface area contributed by atoms with Crippen LogP contribution in [0.2, 0.25) is 0 Å². The summed E-state index contributed by atoms with van der Waals surface area (Å²) in [6, 6.07) is 0. The summed E-state index contributed by atoms with van der Waals surface area (Å²) < 4.78 is 32.8. The number of nitrogens with zero attached hydrogens (tertiary/aromatic N) is 2. The third-order valence-corrected chi connectivity index (χ3v) is 3.52. The van der Waals surface area contributed by atoms with Crippen LogP contribution in [0, 0.1) is 0 Å². The highest BCUT2D eigenvalue weighted by molar-refractivity contribution is 7.80. The Morgan fingerprint density at radius 2 is 2.36 bits per heavy atom. The molecule has 0 saturated heterocycles. The Morgan fingerprint density at radius 3 is 2.71 bits per heavy atom. The summed E-state index contributed by atoms with van der Waals surface area (Å²) in [5.74, 6) is 0. The van der Waals surface area contributed by atoms with Crippen molar-refractivity contribution in [3.8, 4) is 0 Å². The Bertz CT molecular complexity index is 350. The van der Waals surface area contributed by atoms with E-state index in [0.717, 1.165) is 0 Å². The smallest absolute Gasteiger partial charge is 0.260 e. The summed E-state index contributed by atoms with van der Waals surface area (Å²) in [4.78, 5) is 1.59. The van der Waals surface area contributed by atoms with E-state index in [9.17, 15) is 13.0 Å². The van der Waals surface area contributed by atoms with E-state index >= 15 is 0 Å². The van der Waals surface area contributed by atoms with Crippen LogP contribution >= 0.6 is 0 Å². The van der Waals surface area contributed by atoms with Gasteiger partial charge in [0.1, 0.15) is 6.20 Å². The standard InChI is InChI=1S/C8H14N2O3S/c1-3-6-10(14(11,12)13)7-5-9(4-2)8-10/h4-5,7H,2-3,6,8H2,1H3. The zero-order valence-electron chi connectivity index (χ0n) is 8.09. The summed E-state index contributed by atoms with van der Waals surface area (Å²) >= 11 is 0. The van der Waals surface area contributed by atoms with E-state index in [2.05, 4.69) is 6.58 Å². The molecule has 0 bridgehead atoms. The number of hydrogen-bond acceptors (Lipinski definition) is 4. The third kappa shape index (κ3) is 1.82. The van der Waals surface area contributed by atoms with Crippen molar-refractivity contribution in [1.82, 2.24) is 4.90 Å². The molecule has 1 heterocycles. The van der Waals surface area contributed by atoms with Crippen LogP contribution in [0.1, 0.15) is 13.3 Å². The fraction of sp³-hybridized carbons (Fsp3) is 0.500. The molecule has 0 saturated carbocycles. The van der Waals surface area contributed by atoms with E-state index in [0.29, 0.717) is 13.0 Å². The molecule has 0 aromatic carbocycles. The molecular formula is C8H14N2O3S. The Morgan fingerprint density at radius 1 is 1.71 bits per heavy atom. The van der Waals surface area contributed by atoms with Crippen LogP contribution < -0.4 is 0 Å². The van der Waals surface area contributed by atoms with Crippen molar-refractivity contribution in [2.24, 2.45) is 0 Å². The van der Waals surface area contributed by atoms with Crippen molar-refractivity contribution >= 4 is 10.3 Å². The fourth-order valence-corrected chi connectivity index (χ4v) is 2.36. The van der Waals surface area contributed by atoms with Crippen molar-refractivity contribution in [2.45, 2.75) is 13.3 Å². The van der Waals surface area contributed by atoms with E-state index in [1.54, 1.807) is 11.1 Å². The van der Waals surface area contributed by atoms with Gasteiger partial charge in [0, 0.05) is 6.20 Å². The van der Waals surface area contributed by atoms with E-state index in [-0.39, 0.29) is 6.67 Å². The molecule has 1 unspecified atom stereocenters. The van der Waals surface area contributed by atoms with Gasteiger partial charge in [-0.15, -0.1) is 0 Å². The number of hydrogen-bond donors (Lipinski definition) is 0. The largest absolute Gasteiger partial charge is 0.701 e. The van der Waals surface area contributed by atoms with Gasteiger partial charge in [-0.2, -0.15) is 12.3 Å². The fourth-order valence-electron chi connectivity index (χ4n) is 1.48. The Kier molecular flexibility index (Phi) is 2.98. The van der Waals surface area contributed by atoms with Gasteiger partial charge in [0.25, 0.3) is 10.3 Å². The minimum Gasteiger partial charge on any atom is -0.701 e. The highest BCUT2D eigenvalue weighted by atomic mass is 32.2. The molecule has 1 atom stereocenters. The summed E-state index contributed by atoms with van der Waals surface area (Å²) in [5, 5.41) is 0. The minimum absolute atomic E-state index is 0.128. The first-order valence-corrected chi connectivity index (χ1v) is 5.72. The van der Waals surface area contributed by atoms with Crippen molar-refractivity contribution < 1.29 is 16.9 Å². The molecule has 0 amide bonds. The molecule has 5 nitrogen and oxygen atoms in total. The Labute approximate surface area is 84.4 Å². The highest BCUT2D eigenvalue weighted by Gasteiger charge is 2.37. The molecule has 0 fully saturated rings. The van der Waals surface area contributed by atoms with Gasteiger partial charge < -0.3 is 9.45 Å². The lowest BCUT2D eigenvalue weighted by atomic mass is 10.4.